The zero-order valence-electron chi connectivity index (χ0n) is 12.8. The third-order valence-electron chi connectivity index (χ3n) is 4.26. The molecular weight excluding hydrogens is 299 g/mol. The summed E-state index contributed by atoms with van der Waals surface area (Å²) in [5.41, 5.74) is 0.377. The summed E-state index contributed by atoms with van der Waals surface area (Å²) in [6.07, 6.45) is 7.58. The second-order valence-electron chi connectivity index (χ2n) is 6.08. The number of anilines is 1. The normalized spacial score (nSPS) is 23.4. The van der Waals surface area contributed by atoms with Crippen molar-refractivity contribution in [2.75, 3.05) is 11.9 Å². The number of ether oxygens (including phenoxy) is 1. The number of carbonyl (C=O) groups is 1. The van der Waals surface area contributed by atoms with E-state index in [1.54, 1.807) is 12.1 Å². The number of hydrogen-bond acceptors (Lipinski definition) is 3. The molecule has 0 unspecified atom stereocenters. The molecule has 2 aliphatic carbocycles. The van der Waals surface area contributed by atoms with E-state index in [0.29, 0.717) is 12.1 Å². The summed E-state index contributed by atoms with van der Waals surface area (Å²) in [6, 6.07) is 3.91. The third kappa shape index (κ3) is 4.01. The molecule has 6 heteroatoms. The maximum atomic E-state index is 14.0. The van der Waals surface area contributed by atoms with Crippen molar-refractivity contribution in [1.82, 2.24) is 5.32 Å². The highest BCUT2D eigenvalue weighted by Crippen LogP contribution is 2.28. The fourth-order valence-electron chi connectivity index (χ4n) is 2.69. The minimum absolute atomic E-state index is 0.0734. The molecule has 0 heterocycles. The van der Waals surface area contributed by atoms with Gasteiger partial charge in [0.2, 0.25) is 0 Å². The molecule has 0 radical (unpaired) electrons. The van der Waals surface area contributed by atoms with Crippen molar-refractivity contribution in [3.8, 4) is 5.75 Å². The molecule has 1 fully saturated rings. The lowest BCUT2D eigenvalue weighted by Gasteiger charge is -2.26. The summed E-state index contributed by atoms with van der Waals surface area (Å²) >= 11 is 0. The molecule has 1 aromatic rings. The van der Waals surface area contributed by atoms with Gasteiger partial charge in [-0.05, 0) is 37.8 Å². The lowest BCUT2D eigenvalue weighted by molar-refractivity contribution is 0.115. The van der Waals surface area contributed by atoms with E-state index in [0.717, 1.165) is 19.3 Å². The predicted molar refractivity (Wildman–Crippen MR) is 84.9 cm³/mol. The Hall–Kier alpha value is -2.08. The van der Waals surface area contributed by atoms with Gasteiger partial charge in [-0.1, -0.05) is 12.2 Å². The molecule has 0 aliphatic heterocycles. The molecule has 5 nitrogen and oxygen atoms in total. The standard InChI is InChI=1S/C17H21FN2O3/c18-15-9-13(6-7-16(15)23-14-2-1-3-14)20-17(22)19-12-5-4-11(8-12)10-21/h4-7,9,11-12,14,21H,1-3,8,10H2,(H2,19,20,22)/t11-,12+/m0/s1. The van der Waals surface area contributed by atoms with Crippen LogP contribution in [0, 0.1) is 11.7 Å². The highest BCUT2D eigenvalue weighted by molar-refractivity contribution is 5.89. The fraction of sp³-hybridized carbons (Fsp3) is 0.471. The molecule has 1 saturated carbocycles. The van der Waals surface area contributed by atoms with Gasteiger partial charge in [-0.25, -0.2) is 9.18 Å². The van der Waals surface area contributed by atoms with Crippen molar-refractivity contribution < 1.29 is 19.0 Å². The zero-order chi connectivity index (χ0) is 16.2. The lowest BCUT2D eigenvalue weighted by Crippen LogP contribution is -2.36. The Morgan fingerprint density at radius 2 is 2.17 bits per heavy atom. The Kier molecular flexibility index (Phi) is 4.81. The highest BCUT2D eigenvalue weighted by Gasteiger charge is 2.21. The van der Waals surface area contributed by atoms with E-state index < -0.39 is 11.8 Å². The van der Waals surface area contributed by atoms with Gasteiger partial charge in [0.25, 0.3) is 0 Å². The van der Waals surface area contributed by atoms with Gasteiger partial charge in [-0.2, -0.15) is 0 Å². The number of rotatable bonds is 5. The van der Waals surface area contributed by atoms with Gasteiger partial charge in [0.15, 0.2) is 11.6 Å². The Balaban J connectivity index is 1.52. The van der Waals surface area contributed by atoms with Gasteiger partial charge in [0.05, 0.1) is 6.10 Å². The molecule has 124 valence electrons. The van der Waals surface area contributed by atoms with E-state index in [-0.39, 0.29) is 30.4 Å². The molecule has 0 spiro atoms. The lowest BCUT2D eigenvalue weighted by atomic mass is 9.96. The van der Waals surface area contributed by atoms with Crippen LogP contribution in [0.2, 0.25) is 0 Å². The summed E-state index contributed by atoms with van der Waals surface area (Å²) in [6.45, 7) is 0.0734. The second-order valence-corrected chi connectivity index (χ2v) is 6.08. The molecule has 3 rings (SSSR count). The van der Waals surface area contributed by atoms with Gasteiger partial charge in [0.1, 0.15) is 0 Å². The summed E-state index contributed by atoms with van der Waals surface area (Å²) in [5.74, 6) is -0.165. The van der Waals surface area contributed by atoms with Crippen molar-refractivity contribution in [3.63, 3.8) is 0 Å². The van der Waals surface area contributed by atoms with Crippen molar-refractivity contribution in [1.29, 1.82) is 0 Å². The SMILES string of the molecule is O=C(Nc1ccc(OC2CCC2)c(F)c1)N[C@@H]1C=C[C@H](CO)C1. The minimum atomic E-state index is -0.476. The van der Waals surface area contributed by atoms with Crippen LogP contribution in [0.4, 0.5) is 14.9 Å². The largest absolute Gasteiger partial charge is 0.487 e. The predicted octanol–water partition coefficient (Wildman–Crippen LogP) is 2.82. The van der Waals surface area contributed by atoms with Gasteiger partial charge in [-0.3, -0.25) is 0 Å². The monoisotopic (exact) mass is 320 g/mol. The van der Waals surface area contributed by atoms with Crippen molar-refractivity contribution in [2.45, 2.75) is 37.8 Å². The van der Waals surface area contributed by atoms with Crippen molar-refractivity contribution in [2.24, 2.45) is 5.92 Å². The summed E-state index contributed by atoms with van der Waals surface area (Å²) < 4.78 is 19.5. The van der Waals surface area contributed by atoms with Crippen LogP contribution in [0.25, 0.3) is 0 Å². The van der Waals surface area contributed by atoms with E-state index in [1.165, 1.54) is 6.07 Å². The van der Waals surface area contributed by atoms with Crippen LogP contribution in [0.1, 0.15) is 25.7 Å². The molecule has 0 aromatic heterocycles. The number of urea groups is 1. The van der Waals surface area contributed by atoms with Crippen molar-refractivity contribution in [3.05, 3.63) is 36.2 Å². The van der Waals surface area contributed by atoms with Gasteiger partial charge < -0.3 is 20.5 Å². The molecule has 2 aliphatic rings. The number of nitrogens with one attached hydrogen (secondary N) is 2. The van der Waals surface area contributed by atoms with Gasteiger partial charge in [-0.15, -0.1) is 0 Å². The number of aliphatic hydroxyl groups is 1. The van der Waals surface area contributed by atoms with Crippen LogP contribution in [0.15, 0.2) is 30.4 Å². The van der Waals surface area contributed by atoms with E-state index >= 15 is 0 Å². The van der Waals surface area contributed by atoms with Crippen LogP contribution >= 0.6 is 0 Å². The zero-order valence-corrected chi connectivity index (χ0v) is 12.8. The Labute approximate surface area is 134 Å². The molecule has 2 amide bonds. The number of aliphatic hydroxyl groups excluding tert-OH is 1. The van der Waals surface area contributed by atoms with Crippen LogP contribution in [-0.4, -0.2) is 29.9 Å². The number of carbonyl (C=O) groups excluding carboxylic acids is 1. The number of halogens is 1. The highest BCUT2D eigenvalue weighted by atomic mass is 19.1. The van der Waals surface area contributed by atoms with Gasteiger partial charge >= 0.3 is 6.03 Å². The van der Waals surface area contributed by atoms with E-state index in [9.17, 15) is 9.18 Å². The number of hydrogen-bond donors (Lipinski definition) is 3. The van der Waals surface area contributed by atoms with E-state index in [2.05, 4.69) is 10.6 Å². The maximum absolute atomic E-state index is 14.0. The summed E-state index contributed by atoms with van der Waals surface area (Å²) in [4.78, 5) is 11.9. The average molecular weight is 320 g/mol. The second kappa shape index (κ2) is 7.00. The number of benzene rings is 1. The Bertz CT molecular complexity index is 602. The number of amides is 2. The third-order valence-corrected chi connectivity index (χ3v) is 4.26. The molecule has 3 N–H and O–H groups in total. The molecule has 23 heavy (non-hydrogen) atoms. The summed E-state index contributed by atoms with van der Waals surface area (Å²) in [5, 5.41) is 14.4. The van der Waals surface area contributed by atoms with Crippen molar-refractivity contribution >= 4 is 11.7 Å². The first-order valence-corrected chi connectivity index (χ1v) is 7.97. The maximum Gasteiger partial charge on any atom is 0.319 e. The van der Waals surface area contributed by atoms with Crippen LogP contribution < -0.4 is 15.4 Å². The molecule has 0 saturated heterocycles. The first-order chi connectivity index (χ1) is 11.1. The van der Waals surface area contributed by atoms with E-state index in [4.69, 9.17) is 9.84 Å². The quantitative estimate of drug-likeness (QED) is 0.731. The smallest absolute Gasteiger partial charge is 0.319 e. The fourth-order valence-corrected chi connectivity index (χ4v) is 2.69. The first-order valence-electron chi connectivity index (χ1n) is 7.97. The molecule has 2 atom stereocenters. The van der Waals surface area contributed by atoms with Crippen LogP contribution in [0.3, 0.4) is 0 Å². The Morgan fingerprint density at radius 3 is 2.78 bits per heavy atom. The average Bonchev–Trinajstić information content (AvgIpc) is 2.92. The first kappa shape index (κ1) is 15.8. The molecular formula is C17H21FN2O3. The minimum Gasteiger partial charge on any atom is -0.487 e. The molecule has 0 bridgehead atoms. The molecule has 1 aromatic carbocycles. The topological polar surface area (TPSA) is 70.6 Å². The van der Waals surface area contributed by atoms with E-state index in [1.807, 2.05) is 12.2 Å². The van der Waals surface area contributed by atoms with Crippen LogP contribution in [-0.2, 0) is 0 Å². The Morgan fingerprint density at radius 1 is 1.35 bits per heavy atom. The summed E-state index contributed by atoms with van der Waals surface area (Å²) in [7, 11) is 0. The van der Waals surface area contributed by atoms with Crippen LogP contribution in [0.5, 0.6) is 5.75 Å². The van der Waals surface area contributed by atoms with Gasteiger partial charge in [0, 0.05) is 30.3 Å².